The number of ether oxygens (including phenoxy) is 1. The Morgan fingerprint density at radius 1 is 1.23 bits per heavy atom. The van der Waals surface area contributed by atoms with Crippen molar-refractivity contribution in [2.45, 2.75) is 25.8 Å². The molecule has 3 rings (SSSR count). The Labute approximate surface area is 161 Å². The maximum Gasteiger partial charge on any atom is 0.251 e. The van der Waals surface area contributed by atoms with E-state index in [2.05, 4.69) is 21.2 Å². The zero-order chi connectivity index (χ0) is 18.7. The highest BCUT2D eigenvalue weighted by Crippen LogP contribution is 2.28. The Morgan fingerprint density at radius 3 is 2.54 bits per heavy atom. The van der Waals surface area contributed by atoms with Crippen molar-refractivity contribution in [3.63, 3.8) is 0 Å². The zero-order valence-corrected chi connectivity index (χ0v) is 16.4. The summed E-state index contributed by atoms with van der Waals surface area (Å²) in [7, 11) is 1.62. The normalized spacial score (nSPS) is 15.0. The fourth-order valence-corrected chi connectivity index (χ4v) is 3.59. The molecule has 0 spiro atoms. The fourth-order valence-electron chi connectivity index (χ4n) is 3.03. The van der Waals surface area contributed by atoms with Crippen LogP contribution in [0.15, 0.2) is 46.9 Å². The SMILES string of the molecule is COc1ccc([C@@H](C)NC(=O)c2ccc(N3CCCC3=O)cc2)cc1Br. The summed E-state index contributed by atoms with van der Waals surface area (Å²) in [5, 5.41) is 2.99. The molecule has 0 bridgehead atoms. The average molecular weight is 417 g/mol. The summed E-state index contributed by atoms with van der Waals surface area (Å²) >= 11 is 3.46. The number of carbonyl (C=O) groups is 2. The van der Waals surface area contributed by atoms with E-state index in [1.807, 2.05) is 37.3 Å². The molecule has 1 heterocycles. The number of nitrogens with one attached hydrogen (secondary N) is 1. The van der Waals surface area contributed by atoms with Crippen LogP contribution in [0.5, 0.6) is 5.75 Å². The van der Waals surface area contributed by atoms with Crippen molar-refractivity contribution in [2.24, 2.45) is 0 Å². The summed E-state index contributed by atoms with van der Waals surface area (Å²) in [5.41, 5.74) is 2.39. The van der Waals surface area contributed by atoms with E-state index >= 15 is 0 Å². The molecule has 5 nitrogen and oxygen atoms in total. The van der Waals surface area contributed by atoms with Crippen molar-refractivity contribution in [3.8, 4) is 5.75 Å². The second-order valence-corrected chi connectivity index (χ2v) is 7.14. The van der Waals surface area contributed by atoms with Crippen molar-refractivity contribution in [1.29, 1.82) is 0 Å². The zero-order valence-electron chi connectivity index (χ0n) is 14.8. The summed E-state index contributed by atoms with van der Waals surface area (Å²) in [5.74, 6) is 0.740. The van der Waals surface area contributed by atoms with Gasteiger partial charge in [-0.25, -0.2) is 0 Å². The van der Waals surface area contributed by atoms with Crippen LogP contribution in [0.1, 0.15) is 41.7 Å². The molecule has 6 heteroatoms. The summed E-state index contributed by atoms with van der Waals surface area (Å²) in [4.78, 5) is 26.1. The third-order valence-electron chi connectivity index (χ3n) is 4.54. The van der Waals surface area contributed by atoms with Crippen LogP contribution in [0, 0.1) is 0 Å². The maximum absolute atomic E-state index is 12.5. The van der Waals surface area contributed by atoms with Crippen LogP contribution in [0.4, 0.5) is 5.69 Å². The van der Waals surface area contributed by atoms with Gasteiger partial charge in [-0.2, -0.15) is 0 Å². The second-order valence-electron chi connectivity index (χ2n) is 6.28. The van der Waals surface area contributed by atoms with E-state index in [-0.39, 0.29) is 17.9 Å². The number of amides is 2. The van der Waals surface area contributed by atoms with Crippen molar-refractivity contribution < 1.29 is 14.3 Å². The molecular weight excluding hydrogens is 396 g/mol. The van der Waals surface area contributed by atoms with Crippen molar-refractivity contribution in [1.82, 2.24) is 5.32 Å². The highest BCUT2D eigenvalue weighted by molar-refractivity contribution is 9.10. The summed E-state index contributed by atoms with van der Waals surface area (Å²) in [6.45, 7) is 2.68. The lowest BCUT2D eigenvalue weighted by atomic mass is 10.1. The van der Waals surface area contributed by atoms with Gasteiger partial charge in [-0.3, -0.25) is 9.59 Å². The number of methoxy groups -OCH3 is 1. The molecule has 0 saturated carbocycles. The van der Waals surface area contributed by atoms with E-state index in [9.17, 15) is 9.59 Å². The van der Waals surface area contributed by atoms with Crippen LogP contribution >= 0.6 is 15.9 Å². The highest BCUT2D eigenvalue weighted by Gasteiger charge is 2.22. The molecule has 0 radical (unpaired) electrons. The van der Waals surface area contributed by atoms with Gasteiger partial charge < -0.3 is 15.0 Å². The molecule has 0 aliphatic carbocycles. The van der Waals surface area contributed by atoms with Crippen LogP contribution in [0.3, 0.4) is 0 Å². The molecule has 1 aliphatic heterocycles. The number of hydrogen-bond acceptors (Lipinski definition) is 3. The first-order valence-electron chi connectivity index (χ1n) is 8.54. The van der Waals surface area contributed by atoms with Crippen LogP contribution in [0.2, 0.25) is 0 Å². The van der Waals surface area contributed by atoms with Gasteiger partial charge in [0.15, 0.2) is 0 Å². The van der Waals surface area contributed by atoms with Gasteiger partial charge in [0.1, 0.15) is 5.75 Å². The van der Waals surface area contributed by atoms with Gasteiger partial charge in [0, 0.05) is 24.2 Å². The summed E-state index contributed by atoms with van der Waals surface area (Å²) < 4.78 is 6.07. The van der Waals surface area contributed by atoms with Crippen LogP contribution < -0.4 is 15.0 Å². The Bertz CT molecular complexity index is 820. The van der Waals surface area contributed by atoms with E-state index in [0.717, 1.165) is 34.4 Å². The van der Waals surface area contributed by atoms with Gasteiger partial charge in [-0.15, -0.1) is 0 Å². The lowest BCUT2D eigenvalue weighted by molar-refractivity contribution is -0.117. The van der Waals surface area contributed by atoms with E-state index < -0.39 is 0 Å². The minimum atomic E-state index is -0.149. The second kappa shape index (κ2) is 7.91. The monoisotopic (exact) mass is 416 g/mol. The van der Waals surface area contributed by atoms with E-state index in [4.69, 9.17) is 4.74 Å². The predicted molar refractivity (Wildman–Crippen MR) is 105 cm³/mol. The quantitative estimate of drug-likeness (QED) is 0.798. The molecule has 2 aromatic carbocycles. The number of anilines is 1. The molecule has 26 heavy (non-hydrogen) atoms. The van der Waals surface area contributed by atoms with Crippen LogP contribution in [-0.2, 0) is 4.79 Å². The van der Waals surface area contributed by atoms with Gasteiger partial charge in [-0.05, 0) is 71.2 Å². The molecule has 1 saturated heterocycles. The molecule has 2 amide bonds. The van der Waals surface area contributed by atoms with E-state index in [1.54, 1.807) is 24.1 Å². The highest BCUT2D eigenvalue weighted by atomic mass is 79.9. The van der Waals surface area contributed by atoms with Gasteiger partial charge >= 0.3 is 0 Å². The molecule has 1 N–H and O–H groups in total. The molecule has 1 aliphatic rings. The maximum atomic E-state index is 12.5. The number of hydrogen-bond donors (Lipinski definition) is 1. The molecular formula is C20H21BrN2O3. The number of nitrogens with zero attached hydrogens (tertiary/aromatic N) is 1. The fraction of sp³-hybridized carbons (Fsp3) is 0.300. The Hall–Kier alpha value is -2.34. The first kappa shape index (κ1) is 18.5. The minimum absolute atomic E-state index is 0.140. The largest absolute Gasteiger partial charge is 0.496 e. The first-order valence-corrected chi connectivity index (χ1v) is 9.33. The lowest BCUT2D eigenvalue weighted by Gasteiger charge is -2.17. The number of carbonyl (C=O) groups excluding carboxylic acids is 2. The van der Waals surface area contributed by atoms with Gasteiger partial charge in [0.25, 0.3) is 5.91 Å². The summed E-state index contributed by atoms with van der Waals surface area (Å²) in [6.07, 6.45) is 1.48. The Kier molecular flexibility index (Phi) is 5.61. The van der Waals surface area contributed by atoms with Gasteiger partial charge in [0.05, 0.1) is 17.6 Å². The van der Waals surface area contributed by atoms with Crippen molar-refractivity contribution in [3.05, 3.63) is 58.1 Å². The molecule has 1 fully saturated rings. The van der Waals surface area contributed by atoms with Gasteiger partial charge in [0.2, 0.25) is 5.91 Å². The topological polar surface area (TPSA) is 58.6 Å². The molecule has 2 aromatic rings. The lowest BCUT2D eigenvalue weighted by Crippen LogP contribution is -2.27. The number of rotatable bonds is 5. The van der Waals surface area contributed by atoms with Crippen molar-refractivity contribution >= 4 is 33.4 Å². The van der Waals surface area contributed by atoms with E-state index in [0.29, 0.717) is 12.0 Å². The third-order valence-corrected chi connectivity index (χ3v) is 5.16. The van der Waals surface area contributed by atoms with Gasteiger partial charge in [-0.1, -0.05) is 6.07 Å². The number of benzene rings is 2. The van der Waals surface area contributed by atoms with E-state index in [1.165, 1.54) is 0 Å². The molecule has 0 unspecified atom stereocenters. The standard InChI is InChI=1S/C20H21BrN2O3/c1-13(15-7-10-18(26-2)17(21)12-15)22-20(25)14-5-8-16(9-6-14)23-11-3-4-19(23)24/h5-10,12-13H,3-4,11H2,1-2H3,(H,22,25)/t13-/m1/s1. The Morgan fingerprint density at radius 2 is 1.96 bits per heavy atom. The minimum Gasteiger partial charge on any atom is -0.496 e. The molecule has 0 aromatic heterocycles. The predicted octanol–water partition coefficient (Wildman–Crippen LogP) is 4.08. The third kappa shape index (κ3) is 3.90. The molecule has 136 valence electrons. The van der Waals surface area contributed by atoms with Crippen molar-refractivity contribution in [2.75, 3.05) is 18.6 Å². The summed E-state index contributed by atoms with van der Waals surface area (Å²) in [6, 6.07) is 12.7. The van der Waals surface area contributed by atoms with Crippen LogP contribution in [0.25, 0.3) is 0 Å². The average Bonchev–Trinajstić information content (AvgIpc) is 3.07. The number of halogens is 1. The first-order chi connectivity index (χ1) is 12.5. The smallest absolute Gasteiger partial charge is 0.251 e. The Balaban J connectivity index is 1.67. The van der Waals surface area contributed by atoms with Crippen LogP contribution in [-0.4, -0.2) is 25.5 Å². The molecule has 1 atom stereocenters.